The lowest BCUT2D eigenvalue weighted by Gasteiger charge is -2.08. The number of benzene rings is 1. The van der Waals surface area contributed by atoms with E-state index in [0.29, 0.717) is 29.0 Å². The highest BCUT2D eigenvalue weighted by Crippen LogP contribution is 2.17. The van der Waals surface area contributed by atoms with E-state index >= 15 is 0 Å². The zero-order chi connectivity index (χ0) is 16.4. The second-order valence-electron chi connectivity index (χ2n) is 5.21. The lowest BCUT2D eigenvalue weighted by atomic mass is 10.3. The number of H-pyrrole nitrogens is 1. The quantitative estimate of drug-likeness (QED) is 0.748. The molecule has 2 N–H and O–H groups in total. The van der Waals surface area contributed by atoms with E-state index in [1.54, 1.807) is 19.1 Å². The number of aromatic nitrogens is 4. The molecule has 3 aromatic rings. The van der Waals surface area contributed by atoms with Gasteiger partial charge in [-0.05, 0) is 25.1 Å². The zero-order valence-electron chi connectivity index (χ0n) is 12.8. The third-order valence-corrected chi connectivity index (χ3v) is 3.60. The van der Waals surface area contributed by atoms with Gasteiger partial charge in [0, 0.05) is 11.4 Å². The van der Waals surface area contributed by atoms with Crippen LogP contribution in [0.3, 0.4) is 0 Å². The monoisotopic (exact) mass is 333 g/mol. The highest BCUT2D eigenvalue weighted by molar-refractivity contribution is 6.31. The minimum absolute atomic E-state index is 0.130. The normalized spacial score (nSPS) is 12.5. The first-order valence-electron chi connectivity index (χ1n) is 7.31. The molecule has 0 bridgehead atoms. The molecule has 23 heavy (non-hydrogen) atoms. The van der Waals surface area contributed by atoms with Crippen molar-refractivity contribution in [1.29, 1.82) is 0 Å². The molecule has 0 saturated heterocycles. The van der Waals surface area contributed by atoms with Crippen molar-refractivity contribution in [3.63, 3.8) is 0 Å². The zero-order valence-corrected chi connectivity index (χ0v) is 13.5. The minimum atomic E-state index is -0.353. The number of aromatic amines is 1. The van der Waals surface area contributed by atoms with Crippen LogP contribution in [0.5, 0.6) is 0 Å². The van der Waals surface area contributed by atoms with Crippen molar-refractivity contribution in [2.75, 3.05) is 0 Å². The second kappa shape index (κ2) is 6.37. The third-order valence-electron chi connectivity index (χ3n) is 3.37. The first-order valence-corrected chi connectivity index (χ1v) is 7.69. The first kappa shape index (κ1) is 15.5. The Morgan fingerprint density at radius 2 is 2.26 bits per heavy atom. The van der Waals surface area contributed by atoms with E-state index in [9.17, 15) is 4.79 Å². The summed E-state index contributed by atoms with van der Waals surface area (Å²) in [5.41, 5.74) is 1.58. The number of amides is 1. The summed E-state index contributed by atoms with van der Waals surface area (Å²) in [6.07, 6.45) is 0.817. The van der Waals surface area contributed by atoms with Gasteiger partial charge < -0.3 is 14.8 Å². The van der Waals surface area contributed by atoms with Gasteiger partial charge in [-0.3, -0.25) is 4.79 Å². The number of aryl methyl sites for hydroxylation is 1. The molecule has 120 valence electrons. The molecule has 0 spiro atoms. The van der Waals surface area contributed by atoms with Crippen molar-refractivity contribution >= 4 is 28.5 Å². The van der Waals surface area contributed by atoms with Gasteiger partial charge in [-0.15, -0.1) is 0 Å². The van der Waals surface area contributed by atoms with Gasteiger partial charge in [0.15, 0.2) is 5.82 Å². The summed E-state index contributed by atoms with van der Waals surface area (Å²) in [7, 11) is 0. The number of nitrogens with zero attached hydrogens (tertiary/aromatic N) is 3. The van der Waals surface area contributed by atoms with Crippen LogP contribution in [0.1, 0.15) is 37.4 Å². The van der Waals surface area contributed by atoms with Crippen LogP contribution >= 0.6 is 11.6 Å². The average Bonchev–Trinajstić information content (AvgIpc) is 3.12. The Morgan fingerprint density at radius 3 is 3.00 bits per heavy atom. The molecule has 1 amide bonds. The Bertz CT molecular complexity index is 841. The van der Waals surface area contributed by atoms with Gasteiger partial charge in [-0.2, -0.15) is 4.98 Å². The Balaban J connectivity index is 1.65. The second-order valence-corrected chi connectivity index (χ2v) is 5.65. The van der Waals surface area contributed by atoms with Crippen LogP contribution in [0.2, 0.25) is 5.02 Å². The third kappa shape index (κ3) is 3.50. The van der Waals surface area contributed by atoms with Crippen LogP contribution in [0.15, 0.2) is 22.7 Å². The number of fused-ring (bicyclic) bond motifs is 1. The maximum absolute atomic E-state index is 12.1. The standard InChI is InChI=1S/C15H16ClN5O2/c1-3-12-20-15(23-21-12)8(2)17-14(22)7-13-18-10-5-4-9(16)6-11(10)19-13/h4-6,8H,3,7H2,1-2H3,(H,17,22)(H,18,19)/t8-/m1/s1. The molecule has 0 radical (unpaired) electrons. The molecule has 3 rings (SSSR count). The Hall–Kier alpha value is -2.41. The van der Waals surface area contributed by atoms with E-state index in [0.717, 1.165) is 11.0 Å². The molecule has 0 saturated carbocycles. The van der Waals surface area contributed by atoms with Gasteiger partial charge in [0.05, 0.1) is 17.5 Å². The molecule has 1 aromatic carbocycles. The molecule has 7 nitrogen and oxygen atoms in total. The molecule has 0 aliphatic rings. The number of hydrogen-bond donors (Lipinski definition) is 2. The highest BCUT2D eigenvalue weighted by Gasteiger charge is 2.17. The van der Waals surface area contributed by atoms with Gasteiger partial charge in [0.2, 0.25) is 11.8 Å². The fraction of sp³-hybridized carbons (Fsp3) is 0.333. The SMILES string of the molecule is CCc1noc([C@@H](C)NC(=O)Cc2nc3ccc(Cl)cc3[nH]2)n1. The van der Waals surface area contributed by atoms with Gasteiger partial charge in [0.25, 0.3) is 0 Å². The summed E-state index contributed by atoms with van der Waals surface area (Å²) < 4.78 is 5.12. The maximum Gasteiger partial charge on any atom is 0.248 e. The summed E-state index contributed by atoms with van der Waals surface area (Å²) in [4.78, 5) is 23.8. The van der Waals surface area contributed by atoms with Crippen LogP contribution in [0.25, 0.3) is 11.0 Å². The predicted molar refractivity (Wildman–Crippen MR) is 85.0 cm³/mol. The van der Waals surface area contributed by atoms with Crippen molar-refractivity contribution < 1.29 is 9.32 Å². The van der Waals surface area contributed by atoms with Gasteiger partial charge in [0.1, 0.15) is 11.9 Å². The van der Waals surface area contributed by atoms with E-state index in [2.05, 4.69) is 25.4 Å². The molecule has 2 heterocycles. The fourth-order valence-corrected chi connectivity index (χ4v) is 2.38. The summed E-state index contributed by atoms with van der Waals surface area (Å²) in [5.74, 6) is 1.41. The Labute approximate surface area is 137 Å². The van der Waals surface area contributed by atoms with Crippen LogP contribution < -0.4 is 5.32 Å². The summed E-state index contributed by atoms with van der Waals surface area (Å²) in [6.45, 7) is 3.73. The summed E-state index contributed by atoms with van der Waals surface area (Å²) in [6, 6.07) is 4.99. The predicted octanol–water partition coefficient (Wildman–Crippen LogP) is 2.58. The van der Waals surface area contributed by atoms with E-state index in [-0.39, 0.29) is 18.4 Å². The fourth-order valence-electron chi connectivity index (χ4n) is 2.21. The minimum Gasteiger partial charge on any atom is -0.344 e. The van der Waals surface area contributed by atoms with E-state index in [4.69, 9.17) is 16.1 Å². The molecule has 8 heteroatoms. The average molecular weight is 334 g/mol. The van der Waals surface area contributed by atoms with Crippen molar-refractivity contribution in [2.24, 2.45) is 0 Å². The molecule has 0 fully saturated rings. The van der Waals surface area contributed by atoms with Gasteiger partial charge >= 0.3 is 0 Å². The largest absolute Gasteiger partial charge is 0.344 e. The van der Waals surface area contributed by atoms with Crippen LogP contribution in [-0.4, -0.2) is 26.0 Å². The lowest BCUT2D eigenvalue weighted by Crippen LogP contribution is -2.28. The summed E-state index contributed by atoms with van der Waals surface area (Å²) in [5, 5.41) is 7.25. The van der Waals surface area contributed by atoms with Crippen molar-refractivity contribution in [3.8, 4) is 0 Å². The summed E-state index contributed by atoms with van der Waals surface area (Å²) >= 11 is 5.93. The molecule has 0 aliphatic heterocycles. The molecular weight excluding hydrogens is 318 g/mol. The van der Waals surface area contributed by atoms with E-state index in [1.807, 2.05) is 13.0 Å². The van der Waals surface area contributed by atoms with E-state index < -0.39 is 0 Å². The smallest absolute Gasteiger partial charge is 0.248 e. The number of nitrogens with one attached hydrogen (secondary N) is 2. The lowest BCUT2D eigenvalue weighted by molar-refractivity contribution is -0.121. The number of rotatable bonds is 5. The Kier molecular flexibility index (Phi) is 4.29. The van der Waals surface area contributed by atoms with E-state index in [1.165, 1.54) is 0 Å². The molecule has 0 unspecified atom stereocenters. The number of imidazole rings is 1. The number of halogens is 1. The Morgan fingerprint density at radius 1 is 1.43 bits per heavy atom. The molecule has 1 atom stereocenters. The topological polar surface area (TPSA) is 96.7 Å². The maximum atomic E-state index is 12.1. The molecule has 0 aliphatic carbocycles. The first-order chi connectivity index (χ1) is 11.0. The number of carbonyl (C=O) groups is 1. The van der Waals surface area contributed by atoms with Crippen molar-refractivity contribution in [1.82, 2.24) is 25.4 Å². The van der Waals surface area contributed by atoms with Gasteiger partial charge in [-0.25, -0.2) is 4.98 Å². The van der Waals surface area contributed by atoms with Crippen molar-refractivity contribution in [3.05, 3.63) is 40.8 Å². The number of carbonyl (C=O) groups excluding carboxylic acids is 1. The van der Waals surface area contributed by atoms with Crippen LogP contribution in [0, 0.1) is 0 Å². The molecular formula is C15H16ClN5O2. The van der Waals surface area contributed by atoms with Crippen LogP contribution in [0.4, 0.5) is 0 Å². The van der Waals surface area contributed by atoms with Gasteiger partial charge in [-0.1, -0.05) is 23.7 Å². The number of hydrogen-bond acceptors (Lipinski definition) is 5. The highest BCUT2D eigenvalue weighted by atomic mass is 35.5. The van der Waals surface area contributed by atoms with Crippen LogP contribution in [-0.2, 0) is 17.6 Å². The van der Waals surface area contributed by atoms with Crippen molar-refractivity contribution in [2.45, 2.75) is 32.7 Å². The molecule has 2 aromatic heterocycles.